The molecule has 0 saturated carbocycles. The van der Waals surface area contributed by atoms with Crippen LogP contribution in [0.1, 0.15) is 5.76 Å². The molecule has 3 heteroatoms. The van der Waals surface area contributed by atoms with Gasteiger partial charge in [0.2, 0.25) is 0 Å². The minimum Gasteiger partial charge on any atom is -0.460 e. The zero-order valence-electron chi connectivity index (χ0n) is 7.53. The van der Waals surface area contributed by atoms with Gasteiger partial charge in [-0.2, -0.15) is 0 Å². The molecule has 72 valence electrons. The second kappa shape index (κ2) is 3.64. The van der Waals surface area contributed by atoms with E-state index in [-0.39, 0.29) is 5.82 Å². The lowest BCUT2D eigenvalue weighted by atomic mass is 10.2. The van der Waals surface area contributed by atoms with Crippen molar-refractivity contribution in [1.82, 2.24) is 0 Å². The molecule has 0 unspecified atom stereocenters. The molecule has 2 aromatic rings. The van der Waals surface area contributed by atoms with Crippen LogP contribution in [-0.4, -0.2) is 0 Å². The number of rotatable bonds is 2. The molecule has 14 heavy (non-hydrogen) atoms. The van der Waals surface area contributed by atoms with E-state index in [1.54, 1.807) is 12.1 Å². The molecular formula is C11H10FNO. The van der Waals surface area contributed by atoms with Crippen LogP contribution in [0.3, 0.4) is 0 Å². The fraction of sp³-hybridized carbons (Fsp3) is 0.0909. The van der Waals surface area contributed by atoms with Crippen LogP contribution in [0.4, 0.5) is 4.39 Å². The van der Waals surface area contributed by atoms with E-state index < -0.39 is 0 Å². The van der Waals surface area contributed by atoms with Gasteiger partial charge in [-0.05, 0) is 36.4 Å². The Morgan fingerprint density at radius 3 is 2.36 bits per heavy atom. The molecule has 2 rings (SSSR count). The maximum absolute atomic E-state index is 12.6. The van der Waals surface area contributed by atoms with Crippen molar-refractivity contribution >= 4 is 0 Å². The van der Waals surface area contributed by atoms with Gasteiger partial charge in [0.1, 0.15) is 17.3 Å². The van der Waals surface area contributed by atoms with E-state index in [9.17, 15) is 4.39 Å². The van der Waals surface area contributed by atoms with E-state index >= 15 is 0 Å². The van der Waals surface area contributed by atoms with Gasteiger partial charge in [-0.3, -0.25) is 0 Å². The van der Waals surface area contributed by atoms with Crippen LogP contribution in [0, 0.1) is 5.82 Å². The second-order valence-electron chi connectivity index (χ2n) is 2.98. The molecule has 2 nitrogen and oxygen atoms in total. The smallest absolute Gasteiger partial charge is 0.134 e. The SMILES string of the molecule is NCc1ccc(-c2ccc([18F])cc2)o1. The average molecular weight is 190 g/mol. The average Bonchev–Trinajstić information content (AvgIpc) is 2.67. The summed E-state index contributed by atoms with van der Waals surface area (Å²) >= 11 is 0. The first-order chi connectivity index (χ1) is 6.79. The Morgan fingerprint density at radius 2 is 1.79 bits per heavy atom. The number of nitrogens with two attached hydrogens (primary N) is 1. The van der Waals surface area contributed by atoms with Crippen molar-refractivity contribution in [2.24, 2.45) is 5.73 Å². The lowest BCUT2D eigenvalue weighted by molar-refractivity contribution is 0.525. The molecule has 1 aromatic heterocycles. The number of benzene rings is 1. The molecule has 1 aromatic carbocycles. The van der Waals surface area contributed by atoms with Crippen LogP contribution >= 0.6 is 0 Å². The molecular weight excluding hydrogens is 180 g/mol. The van der Waals surface area contributed by atoms with Crippen LogP contribution in [0.2, 0.25) is 0 Å². The molecule has 0 aliphatic carbocycles. The van der Waals surface area contributed by atoms with Crippen molar-refractivity contribution in [1.29, 1.82) is 0 Å². The number of hydrogen-bond donors (Lipinski definition) is 1. The number of hydrogen-bond acceptors (Lipinski definition) is 2. The highest BCUT2D eigenvalue weighted by Crippen LogP contribution is 2.21. The third-order valence-electron chi connectivity index (χ3n) is 1.99. The quantitative estimate of drug-likeness (QED) is 0.790. The van der Waals surface area contributed by atoms with Crippen molar-refractivity contribution in [3.63, 3.8) is 0 Å². The maximum Gasteiger partial charge on any atom is 0.134 e. The van der Waals surface area contributed by atoms with Gasteiger partial charge in [-0.1, -0.05) is 0 Å². The molecule has 0 atom stereocenters. The van der Waals surface area contributed by atoms with Gasteiger partial charge >= 0.3 is 0 Å². The lowest BCUT2D eigenvalue weighted by Crippen LogP contribution is -1.92. The molecule has 0 saturated heterocycles. The van der Waals surface area contributed by atoms with E-state index in [1.807, 2.05) is 12.1 Å². The number of halogens is 1. The molecule has 0 amide bonds. The third-order valence-corrected chi connectivity index (χ3v) is 1.99. The van der Waals surface area contributed by atoms with E-state index in [4.69, 9.17) is 10.2 Å². The Morgan fingerprint density at radius 1 is 1.07 bits per heavy atom. The van der Waals surface area contributed by atoms with Crippen molar-refractivity contribution in [2.75, 3.05) is 0 Å². The summed E-state index contributed by atoms with van der Waals surface area (Å²) in [4.78, 5) is 0. The Kier molecular flexibility index (Phi) is 2.33. The standard InChI is InChI=1S/C11H10FNO/c12-9-3-1-8(2-4-9)11-6-5-10(7-13)14-11/h1-6H,7,13H2/i12-1. The summed E-state index contributed by atoms with van der Waals surface area (Å²) in [5.41, 5.74) is 6.26. The normalized spacial score (nSPS) is 10.4. The highest BCUT2D eigenvalue weighted by molar-refractivity contribution is 5.57. The molecule has 0 spiro atoms. The van der Waals surface area contributed by atoms with Gasteiger partial charge in [0.15, 0.2) is 0 Å². The van der Waals surface area contributed by atoms with Crippen molar-refractivity contribution < 1.29 is 8.81 Å². The van der Waals surface area contributed by atoms with E-state index in [0.29, 0.717) is 12.3 Å². The van der Waals surface area contributed by atoms with Crippen LogP contribution in [0.15, 0.2) is 40.8 Å². The zero-order valence-corrected chi connectivity index (χ0v) is 7.53. The number of furan rings is 1. The first kappa shape index (κ1) is 8.97. The van der Waals surface area contributed by atoms with Crippen LogP contribution in [0.5, 0.6) is 0 Å². The van der Waals surface area contributed by atoms with Crippen molar-refractivity contribution in [2.45, 2.75) is 6.54 Å². The van der Waals surface area contributed by atoms with Gasteiger partial charge < -0.3 is 10.2 Å². The Balaban J connectivity index is 2.34. The minimum atomic E-state index is -0.251. The van der Waals surface area contributed by atoms with Gasteiger partial charge in [-0.15, -0.1) is 0 Å². The van der Waals surface area contributed by atoms with Crippen molar-refractivity contribution in [3.8, 4) is 11.3 Å². The molecule has 0 aliphatic rings. The maximum atomic E-state index is 12.6. The van der Waals surface area contributed by atoms with Crippen molar-refractivity contribution in [3.05, 3.63) is 48.0 Å². The summed E-state index contributed by atoms with van der Waals surface area (Å²) in [6.45, 7) is 0.376. The summed E-state index contributed by atoms with van der Waals surface area (Å²) in [5.74, 6) is 1.19. The Hall–Kier alpha value is -1.61. The van der Waals surface area contributed by atoms with E-state index in [0.717, 1.165) is 11.3 Å². The summed E-state index contributed by atoms with van der Waals surface area (Å²) in [6, 6.07) is 9.80. The summed E-state index contributed by atoms with van der Waals surface area (Å²) in [5, 5.41) is 0. The summed E-state index contributed by atoms with van der Waals surface area (Å²) in [6.07, 6.45) is 0. The van der Waals surface area contributed by atoms with Crippen LogP contribution in [0.25, 0.3) is 11.3 Å². The predicted molar refractivity (Wildman–Crippen MR) is 52.0 cm³/mol. The molecule has 2 N–H and O–H groups in total. The summed E-state index contributed by atoms with van der Waals surface area (Å²) < 4.78 is 18.0. The predicted octanol–water partition coefficient (Wildman–Crippen LogP) is 2.54. The minimum absolute atomic E-state index is 0.251. The fourth-order valence-corrected chi connectivity index (χ4v) is 1.26. The van der Waals surface area contributed by atoms with E-state index in [2.05, 4.69) is 0 Å². The zero-order chi connectivity index (χ0) is 9.97. The van der Waals surface area contributed by atoms with Gasteiger partial charge in [-0.25, -0.2) is 4.39 Å². The molecule has 0 bridgehead atoms. The van der Waals surface area contributed by atoms with E-state index in [1.165, 1.54) is 12.1 Å². The molecule has 0 radical (unpaired) electrons. The van der Waals surface area contributed by atoms with Gasteiger partial charge in [0.25, 0.3) is 0 Å². The van der Waals surface area contributed by atoms with Gasteiger partial charge in [0.05, 0.1) is 6.54 Å². The largest absolute Gasteiger partial charge is 0.460 e. The van der Waals surface area contributed by atoms with Crippen LogP contribution < -0.4 is 5.73 Å². The lowest BCUT2D eigenvalue weighted by Gasteiger charge is -1.96. The Bertz CT molecular complexity index is 419. The topological polar surface area (TPSA) is 39.2 Å². The van der Waals surface area contributed by atoms with Crippen LogP contribution in [-0.2, 0) is 6.54 Å². The summed E-state index contributed by atoms with van der Waals surface area (Å²) in [7, 11) is 0. The highest BCUT2D eigenvalue weighted by atomic mass is 18.2. The monoisotopic (exact) mass is 190 g/mol. The first-order valence-corrected chi connectivity index (χ1v) is 4.34. The highest BCUT2D eigenvalue weighted by Gasteiger charge is 2.03. The second-order valence-corrected chi connectivity index (χ2v) is 2.98. The first-order valence-electron chi connectivity index (χ1n) is 4.34. The third kappa shape index (κ3) is 1.67. The molecule has 0 fully saturated rings. The molecule has 0 aliphatic heterocycles. The fourth-order valence-electron chi connectivity index (χ4n) is 1.26. The Labute approximate surface area is 81.2 Å². The van der Waals surface area contributed by atoms with Gasteiger partial charge in [0, 0.05) is 5.56 Å². The molecule has 1 heterocycles.